The molecule has 8 heteroatoms. The quantitative estimate of drug-likeness (QED) is 0.452. The van der Waals surface area contributed by atoms with E-state index in [4.69, 9.17) is 0 Å². The van der Waals surface area contributed by atoms with E-state index in [1.54, 1.807) is 7.05 Å². The first kappa shape index (κ1) is 17.4. The molecule has 0 unspecified atom stereocenters. The van der Waals surface area contributed by atoms with Crippen LogP contribution in [0, 0.1) is 10.1 Å². The van der Waals surface area contributed by atoms with Crippen LogP contribution in [0.4, 0.5) is 11.4 Å². The van der Waals surface area contributed by atoms with Crippen LogP contribution in [0.5, 0.6) is 0 Å². The summed E-state index contributed by atoms with van der Waals surface area (Å²) in [6, 6.07) is 3.98. The number of hydrogen-bond acceptors (Lipinski definition) is 5. The topological polar surface area (TPSA) is 92.6 Å². The van der Waals surface area contributed by atoms with Crippen LogP contribution in [0.2, 0.25) is 0 Å². The van der Waals surface area contributed by atoms with Gasteiger partial charge in [-0.05, 0) is 18.6 Å². The minimum atomic E-state index is -3.88. The van der Waals surface area contributed by atoms with Gasteiger partial charge in [0.15, 0.2) is 4.90 Å². The zero-order valence-corrected chi connectivity index (χ0v) is 13.3. The minimum Gasteiger partial charge on any atom is -0.388 e. The molecule has 1 aromatic rings. The molecular formula is C13H21N3O4S. The fraction of sp³-hybridized carbons (Fsp3) is 0.538. The number of rotatable bonds is 8. The third-order valence-electron chi connectivity index (χ3n) is 3.21. The highest BCUT2D eigenvalue weighted by atomic mass is 32.2. The second-order valence-electron chi connectivity index (χ2n) is 4.72. The van der Waals surface area contributed by atoms with E-state index >= 15 is 0 Å². The summed E-state index contributed by atoms with van der Waals surface area (Å²) in [7, 11) is -0.803. The Balaban J connectivity index is 3.19. The van der Waals surface area contributed by atoms with E-state index in [0.29, 0.717) is 12.2 Å². The molecule has 0 atom stereocenters. The van der Waals surface area contributed by atoms with Gasteiger partial charge in [-0.2, -0.15) is 0 Å². The Morgan fingerprint density at radius 1 is 1.33 bits per heavy atom. The summed E-state index contributed by atoms with van der Waals surface area (Å²) >= 11 is 0. The first-order valence-electron chi connectivity index (χ1n) is 6.77. The molecule has 0 aromatic heterocycles. The van der Waals surface area contributed by atoms with Crippen molar-refractivity contribution in [2.75, 3.05) is 26.0 Å². The Bertz CT molecular complexity index is 601. The van der Waals surface area contributed by atoms with Crippen LogP contribution in [0.3, 0.4) is 0 Å². The zero-order chi connectivity index (χ0) is 16.0. The predicted molar refractivity (Wildman–Crippen MR) is 82.0 cm³/mol. The number of nitro benzene ring substituents is 1. The first-order valence-corrected chi connectivity index (χ1v) is 8.21. The maximum atomic E-state index is 12.5. The molecule has 1 aromatic carbocycles. The molecule has 0 aliphatic heterocycles. The van der Waals surface area contributed by atoms with Gasteiger partial charge < -0.3 is 5.32 Å². The van der Waals surface area contributed by atoms with Gasteiger partial charge in [0.1, 0.15) is 0 Å². The lowest BCUT2D eigenvalue weighted by Crippen LogP contribution is -2.28. The molecular weight excluding hydrogens is 294 g/mol. The number of anilines is 1. The smallest absolute Gasteiger partial charge is 0.289 e. The van der Waals surface area contributed by atoms with Crippen molar-refractivity contribution in [3.05, 3.63) is 28.3 Å². The minimum absolute atomic E-state index is 0.279. The standard InChI is InChI=1S/C13H21N3O4S/c1-4-5-6-9-15(3)21(19,20)13-10-11(14-2)7-8-12(13)16(17)18/h7-8,10,14H,4-6,9H2,1-3H3. The molecule has 0 aliphatic rings. The number of sulfonamides is 1. The average molecular weight is 315 g/mol. The van der Waals surface area contributed by atoms with Gasteiger partial charge >= 0.3 is 0 Å². The number of unbranched alkanes of at least 4 members (excludes halogenated alkanes) is 2. The van der Waals surface area contributed by atoms with E-state index in [9.17, 15) is 18.5 Å². The lowest BCUT2D eigenvalue weighted by atomic mass is 10.2. The van der Waals surface area contributed by atoms with Crippen molar-refractivity contribution < 1.29 is 13.3 Å². The van der Waals surface area contributed by atoms with E-state index in [2.05, 4.69) is 5.32 Å². The number of hydrogen-bond donors (Lipinski definition) is 1. The van der Waals surface area contributed by atoms with Gasteiger partial charge in [-0.3, -0.25) is 10.1 Å². The molecule has 0 amide bonds. The summed E-state index contributed by atoms with van der Waals surface area (Å²) in [4.78, 5) is 10.1. The second-order valence-corrected chi connectivity index (χ2v) is 6.74. The maximum Gasteiger partial charge on any atom is 0.289 e. The third-order valence-corrected chi connectivity index (χ3v) is 5.10. The molecule has 0 spiro atoms. The molecule has 0 aliphatic carbocycles. The van der Waals surface area contributed by atoms with E-state index in [1.165, 1.54) is 29.6 Å². The number of nitro groups is 1. The van der Waals surface area contributed by atoms with Crippen LogP contribution in [-0.4, -0.2) is 38.3 Å². The summed E-state index contributed by atoms with van der Waals surface area (Å²) in [6.07, 6.45) is 2.62. The number of nitrogens with zero attached hydrogens (tertiary/aromatic N) is 2. The van der Waals surface area contributed by atoms with Gasteiger partial charge in [0.2, 0.25) is 10.0 Å². The van der Waals surface area contributed by atoms with Crippen molar-refractivity contribution in [2.24, 2.45) is 0 Å². The summed E-state index contributed by atoms with van der Waals surface area (Å²) in [6.45, 7) is 2.37. The van der Waals surface area contributed by atoms with Crippen LogP contribution in [0.1, 0.15) is 26.2 Å². The van der Waals surface area contributed by atoms with Crippen LogP contribution in [0.25, 0.3) is 0 Å². The summed E-state index contributed by atoms with van der Waals surface area (Å²) in [5.74, 6) is 0. The van der Waals surface area contributed by atoms with Crippen LogP contribution < -0.4 is 5.32 Å². The van der Waals surface area contributed by atoms with Gasteiger partial charge in [0.25, 0.3) is 5.69 Å². The van der Waals surface area contributed by atoms with Gasteiger partial charge in [-0.1, -0.05) is 19.8 Å². The molecule has 0 bridgehead atoms. The van der Waals surface area contributed by atoms with Crippen molar-refractivity contribution in [1.82, 2.24) is 4.31 Å². The monoisotopic (exact) mass is 315 g/mol. The molecule has 118 valence electrons. The van der Waals surface area contributed by atoms with Crippen molar-refractivity contribution in [3.63, 3.8) is 0 Å². The number of nitrogens with one attached hydrogen (secondary N) is 1. The normalized spacial score (nSPS) is 11.6. The Morgan fingerprint density at radius 3 is 2.52 bits per heavy atom. The lowest BCUT2D eigenvalue weighted by molar-refractivity contribution is -0.387. The van der Waals surface area contributed by atoms with Crippen molar-refractivity contribution >= 4 is 21.4 Å². The average Bonchev–Trinajstić information content (AvgIpc) is 2.46. The predicted octanol–water partition coefficient (Wildman–Crippen LogP) is 2.45. The Labute approximate surface area is 125 Å². The highest BCUT2D eigenvalue weighted by Gasteiger charge is 2.29. The highest BCUT2D eigenvalue weighted by Crippen LogP contribution is 2.29. The SMILES string of the molecule is CCCCCN(C)S(=O)(=O)c1cc(NC)ccc1[N+](=O)[O-]. The van der Waals surface area contributed by atoms with E-state index in [-0.39, 0.29) is 4.90 Å². The van der Waals surface area contributed by atoms with Crippen LogP contribution in [-0.2, 0) is 10.0 Å². The third kappa shape index (κ3) is 4.15. The van der Waals surface area contributed by atoms with E-state index in [1.807, 2.05) is 6.92 Å². The second kappa shape index (κ2) is 7.37. The summed E-state index contributed by atoms with van der Waals surface area (Å²) in [5, 5.41) is 13.8. The van der Waals surface area contributed by atoms with E-state index in [0.717, 1.165) is 19.3 Å². The molecule has 21 heavy (non-hydrogen) atoms. The molecule has 0 radical (unpaired) electrons. The first-order chi connectivity index (χ1) is 9.84. The molecule has 0 fully saturated rings. The molecule has 1 N–H and O–H groups in total. The van der Waals surface area contributed by atoms with Crippen molar-refractivity contribution in [1.29, 1.82) is 0 Å². The highest BCUT2D eigenvalue weighted by molar-refractivity contribution is 7.89. The molecule has 1 rings (SSSR count). The van der Waals surface area contributed by atoms with Gasteiger partial charge in [-0.25, -0.2) is 12.7 Å². The van der Waals surface area contributed by atoms with Gasteiger partial charge in [0.05, 0.1) is 4.92 Å². The Hall–Kier alpha value is -1.67. The summed E-state index contributed by atoms with van der Waals surface area (Å²) < 4.78 is 26.2. The molecule has 0 heterocycles. The fourth-order valence-electron chi connectivity index (χ4n) is 1.90. The van der Waals surface area contributed by atoms with Gasteiger partial charge in [0, 0.05) is 32.4 Å². The van der Waals surface area contributed by atoms with E-state index < -0.39 is 20.6 Å². The van der Waals surface area contributed by atoms with Crippen LogP contribution >= 0.6 is 0 Å². The summed E-state index contributed by atoms with van der Waals surface area (Å²) in [5.41, 5.74) is 0.109. The van der Waals surface area contributed by atoms with Crippen molar-refractivity contribution in [3.8, 4) is 0 Å². The fourth-order valence-corrected chi connectivity index (χ4v) is 3.29. The molecule has 7 nitrogen and oxygen atoms in total. The lowest BCUT2D eigenvalue weighted by Gasteiger charge is -2.17. The van der Waals surface area contributed by atoms with Gasteiger partial charge in [-0.15, -0.1) is 0 Å². The molecule has 0 saturated carbocycles. The Morgan fingerprint density at radius 2 is 2.00 bits per heavy atom. The zero-order valence-electron chi connectivity index (χ0n) is 12.5. The molecule has 0 saturated heterocycles. The van der Waals surface area contributed by atoms with Crippen molar-refractivity contribution in [2.45, 2.75) is 31.1 Å². The number of benzene rings is 1. The largest absolute Gasteiger partial charge is 0.388 e. The van der Waals surface area contributed by atoms with Crippen LogP contribution in [0.15, 0.2) is 23.1 Å². The maximum absolute atomic E-state index is 12.5. The Kier molecular flexibility index (Phi) is 6.10.